The van der Waals surface area contributed by atoms with Crippen molar-refractivity contribution in [2.24, 2.45) is 0 Å². The van der Waals surface area contributed by atoms with E-state index in [0.29, 0.717) is 5.75 Å². The number of rotatable bonds is 3. The first kappa shape index (κ1) is 14.0. The molecule has 0 amide bonds. The average Bonchev–Trinajstić information content (AvgIpc) is 2.56. The zero-order valence-corrected chi connectivity index (χ0v) is 12.2. The number of benzene rings is 3. The molecule has 0 aliphatic carbocycles. The lowest BCUT2D eigenvalue weighted by atomic mass is 9.99. The van der Waals surface area contributed by atoms with E-state index in [1.165, 1.54) is 0 Å². The highest BCUT2D eigenvalue weighted by Gasteiger charge is 2.07. The van der Waals surface area contributed by atoms with E-state index in [9.17, 15) is 10.2 Å². The molecular formula is C19H16O3. The van der Waals surface area contributed by atoms with E-state index in [-0.39, 0.29) is 11.5 Å². The third kappa shape index (κ3) is 2.74. The molecule has 0 atom stereocenters. The van der Waals surface area contributed by atoms with Crippen molar-refractivity contribution in [1.29, 1.82) is 0 Å². The highest BCUT2D eigenvalue weighted by molar-refractivity contribution is 5.74. The van der Waals surface area contributed by atoms with Crippen molar-refractivity contribution < 1.29 is 14.9 Å². The monoisotopic (exact) mass is 292 g/mol. The summed E-state index contributed by atoms with van der Waals surface area (Å²) in [4.78, 5) is 0. The summed E-state index contributed by atoms with van der Waals surface area (Å²) < 4.78 is 5.32. The lowest BCUT2D eigenvalue weighted by molar-refractivity contribution is 0.409. The Labute approximate surface area is 129 Å². The van der Waals surface area contributed by atoms with Gasteiger partial charge in [0, 0.05) is 11.6 Å². The minimum absolute atomic E-state index is 0.182. The van der Waals surface area contributed by atoms with Crippen LogP contribution in [0.15, 0.2) is 66.7 Å². The van der Waals surface area contributed by atoms with E-state index < -0.39 is 0 Å². The Morgan fingerprint density at radius 3 is 1.73 bits per heavy atom. The fourth-order valence-corrected chi connectivity index (χ4v) is 2.41. The largest absolute Gasteiger partial charge is 0.508 e. The lowest BCUT2D eigenvalue weighted by Gasteiger charge is -2.10. The lowest BCUT2D eigenvalue weighted by Crippen LogP contribution is -1.88. The third-order valence-corrected chi connectivity index (χ3v) is 3.58. The molecule has 2 N–H and O–H groups in total. The summed E-state index contributed by atoms with van der Waals surface area (Å²) in [5.41, 5.74) is 4.06. The highest BCUT2D eigenvalue weighted by Crippen LogP contribution is 2.34. The summed E-state index contributed by atoms with van der Waals surface area (Å²) in [7, 11) is 1.59. The highest BCUT2D eigenvalue weighted by atomic mass is 16.5. The van der Waals surface area contributed by atoms with Gasteiger partial charge in [0.05, 0.1) is 7.11 Å². The Bertz CT molecular complexity index is 775. The van der Waals surface area contributed by atoms with Crippen molar-refractivity contribution in [3.05, 3.63) is 66.7 Å². The summed E-state index contributed by atoms with van der Waals surface area (Å²) in [6.07, 6.45) is 0. The second-order valence-electron chi connectivity index (χ2n) is 5.01. The smallest absolute Gasteiger partial charge is 0.130 e. The predicted molar refractivity (Wildman–Crippen MR) is 87.2 cm³/mol. The van der Waals surface area contributed by atoms with Crippen molar-refractivity contribution in [3.63, 3.8) is 0 Å². The van der Waals surface area contributed by atoms with Crippen LogP contribution in [-0.2, 0) is 0 Å². The fourth-order valence-electron chi connectivity index (χ4n) is 2.41. The predicted octanol–water partition coefficient (Wildman–Crippen LogP) is 4.44. The first-order valence-corrected chi connectivity index (χ1v) is 6.94. The third-order valence-electron chi connectivity index (χ3n) is 3.58. The van der Waals surface area contributed by atoms with Crippen LogP contribution in [0, 0.1) is 0 Å². The summed E-state index contributed by atoms with van der Waals surface area (Å²) in [6.45, 7) is 0. The van der Waals surface area contributed by atoms with Crippen LogP contribution in [-0.4, -0.2) is 17.3 Å². The van der Waals surface area contributed by atoms with Gasteiger partial charge in [-0.25, -0.2) is 0 Å². The van der Waals surface area contributed by atoms with Crippen molar-refractivity contribution in [1.82, 2.24) is 0 Å². The number of methoxy groups -OCH3 is 1. The van der Waals surface area contributed by atoms with Gasteiger partial charge in [-0.15, -0.1) is 0 Å². The number of ether oxygens (including phenoxy) is 1. The van der Waals surface area contributed by atoms with Gasteiger partial charge >= 0.3 is 0 Å². The average molecular weight is 292 g/mol. The maximum atomic E-state index is 9.53. The van der Waals surface area contributed by atoms with Crippen molar-refractivity contribution in [3.8, 4) is 39.5 Å². The molecule has 22 heavy (non-hydrogen) atoms. The number of hydrogen-bond acceptors (Lipinski definition) is 3. The Balaban J connectivity index is 1.96. The van der Waals surface area contributed by atoms with E-state index in [1.807, 2.05) is 42.5 Å². The molecular weight excluding hydrogens is 276 g/mol. The molecule has 110 valence electrons. The second kappa shape index (κ2) is 5.82. The van der Waals surface area contributed by atoms with Crippen LogP contribution in [0.5, 0.6) is 17.2 Å². The number of aromatic hydroxyl groups is 2. The van der Waals surface area contributed by atoms with Crippen LogP contribution in [0.1, 0.15) is 0 Å². The van der Waals surface area contributed by atoms with E-state index in [4.69, 9.17) is 4.74 Å². The minimum atomic E-state index is 0.182. The summed E-state index contributed by atoms with van der Waals surface area (Å²) in [5, 5.41) is 18.9. The second-order valence-corrected chi connectivity index (χ2v) is 5.01. The van der Waals surface area contributed by atoms with E-state index in [0.717, 1.165) is 22.3 Å². The van der Waals surface area contributed by atoms with Crippen molar-refractivity contribution in [2.75, 3.05) is 7.11 Å². The topological polar surface area (TPSA) is 49.7 Å². The first-order valence-electron chi connectivity index (χ1n) is 6.94. The molecule has 0 aliphatic heterocycles. The fraction of sp³-hybridized carbons (Fsp3) is 0.0526. The summed E-state index contributed by atoms with van der Waals surface area (Å²) >= 11 is 0. The molecule has 0 bridgehead atoms. The number of phenolic OH excluding ortho intramolecular Hbond substituents is 2. The molecule has 3 aromatic carbocycles. The maximum absolute atomic E-state index is 9.53. The van der Waals surface area contributed by atoms with Gasteiger partial charge in [-0.1, -0.05) is 36.4 Å². The molecule has 0 fully saturated rings. The molecule has 0 saturated heterocycles. The molecule has 3 aromatic rings. The Kier molecular flexibility index (Phi) is 3.71. The Morgan fingerprint density at radius 1 is 0.636 bits per heavy atom. The zero-order chi connectivity index (χ0) is 15.5. The molecule has 0 saturated carbocycles. The van der Waals surface area contributed by atoms with E-state index >= 15 is 0 Å². The SMILES string of the molecule is COc1cc(O)ccc1-c1ccc(-c2ccc(O)cc2)cc1. The van der Waals surface area contributed by atoms with Gasteiger partial charge in [-0.05, 0) is 41.0 Å². The molecule has 3 heteroatoms. The van der Waals surface area contributed by atoms with Crippen molar-refractivity contribution >= 4 is 0 Å². The van der Waals surface area contributed by atoms with Crippen LogP contribution in [0.2, 0.25) is 0 Å². The van der Waals surface area contributed by atoms with E-state index in [2.05, 4.69) is 0 Å². The van der Waals surface area contributed by atoms with Crippen LogP contribution in [0.4, 0.5) is 0 Å². The summed E-state index contributed by atoms with van der Waals surface area (Å²) in [6, 6.07) is 20.3. The number of phenols is 2. The van der Waals surface area contributed by atoms with Gasteiger partial charge in [0.1, 0.15) is 17.2 Å². The van der Waals surface area contributed by atoms with Crippen LogP contribution in [0.25, 0.3) is 22.3 Å². The van der Waals surface area contributed by atoms with Gasteiger partial charge in [0.15, 0.2) is 0 Å². The molecule has 0 unspecified atom stereocenters. The summed E-state index contributed by atoms with van der Waals surface area (Å²) in [5.74, 6) is 1.08. The molecule has 0 heterocycles. The molecule has 3 rings (SSSR count). The van der Waals surface area contributed by atoms with Gasteiger partial charge in [-0.3, -0.25) is 0 Å². The first-order chi connectivity index (χ1) is 10.7. The van der Waals surface area contributed by atoms with Gasteiger partial charge in [-0.2, -0.15) is 0 Å². The van der Waals surface area contributed by atoms with E-state index in [1.54, 1.807) is 31.4 Å². The zero-order valence-electron chi connectivity index (χ0n) is 12.2. The minimum Gasteiger partial charge on any atom is -0.508 e. The Morgan fingerprint density at radius 2 is 1.14 bits per heavy atom. The molecule has 0 aromatic heterocycles. The normalized spacial score (nSPS) is 10.4. The molecule has 0 aliphatic rings. The molecule has 0 spiro atoms. The van der Waals surface area contributed by atoms with Gasteiger partial charge < -0.3 is 14.9 Å². The quantitative estimate of drug-likeness (QED) is 0.750. The van der Waals surface area contributed by atoms with Crippen LogP contribution < -0.4 is 4.74 Å². The van der Waals surface area contributed by atoms with Crippen LogP contribution in [0.3, 0.4) is 0 Å². The molecule has 0 radical (unpaired) electrons. The van der Waals surface area contributed by atoms with Crippen LogP contribution >= 0.6 is 0 Å². The molecule has 3 nitrogen and oxygen atoms in total. The number of hydrogen-bond donors (Lipinski definition) is 2. The Hall–Kier alpha value is -2.94. The maximum Gasteiger partial charge on any atom is 0.130 e. The standard InChI is InChI=1S/C19H16O3/c1-22-19-12-17(21)10-11-18(19)15-4-2-13(3-5-15)14-6-8-16(20)9-7-14/h2-12,20-21H,1H3. The van der Waals surface area contributed by atoms with Gasteiger partial charge in [0.2, 0.25) is 0 Å². The van der Waals surface area contributed by atoms with Gasteiger partial charge in [0.25, 0.3) is 0 Å². The van der Waals surface area contributed by atoms with Crippen molar-refractivity contribution in [2.45, 2.75) is 0 Å².